The summed E-state index contributed by atoms with van der Waals surface area (Å²) in [6.45, 7) is 4.55. The van der Waals surface area contributed by atoms with Crippen LogP contribution in [0.4, 0.5) is 0 Å². The Hall–Kier alpha value is -2.04. The van der Waals surface area contributed by atoms with Crippen molar-refractivity contribution in [3.63, 3.8) is 0 Å². The van der Waals surface area contributed by atoms with Crippen LogP contribution in [-0.2, 0) is 19.5 Å². The van der Waals surface area contributed by atoms with Gasteiger partial charge in [0.1, 0.15) is 12.2 Å². The SMILES string of the molecule is CCc1nncn1CCNC(=NC)NCc1ccc2c(c1)OCO2.I. The zero-order valence-corrected chi connectivity index (χ0v) is 16.7. The van der Waals surface area contributed by atoms with E-state index < -0.39 is 0 Å². The number of halogens is 1. The molecule has 0 amide bonds. The van der Waals surface area contributed by atoms with Crippen molar-refractivity contribution in [1.82, 2.24) is 25.4 Å². The summed E-state index contributed by atoms with van der Waals surface area (Å²) < 4.78 is 12.7. The van der Waals surface area contributed by atoms with Gasteiger partial charge in [0.25, 0.3) is 0 Å². The summed E-state index contributed by atoms with van der Waals surface area (Å²) in [5, 5.41) is 14.6. The molecule has 8 nitrogen and oxygen atoms in total. The third kappa shape index (κ3) is 4.97. The maximum absolute atomic E-state index is 5.39. The van der Waals surface area contributed by atoms with Crippen LogP contribution in [0.15, 0.2) is 29.5 Å². The second-order valence-electron chi connectivity index (χ2n) is 5.33. The Labute approximate surface area is 164 Å². The van der Waals surface area contributed by atoms with Crippen LogP contribution in [0, 0.1) is 0 Å². The average molecular weight is 458 g/mol. The lowest BCUT2D eigenvalue weighted by atomic mass is 10.2. The van der Waals surface area contributed by atoms with E-state index in [1.807, 2.05) is 22.8 Å². The van der Waals surface area contributed by atoms with Gasteiger partial charge in [-0.2, -0.15) is 0 Å². The zero-order chi connectivity index (χ0) is 16.8. The Balaban J connectivity index is 0.00000225. The fourth-order valence-corrected chi connectivity index (χ4v) is 2.49. The number of aromatic nitrogens is 3. The lowest BCUT2D eigenvalue weighted by Crippen LogP contribution is -2.38. The van der Waals surface area contributed by atoms with Gasteiger partial charge in [-0.25, -0.2) is 0 Å². The summed E-state index contributed by atoms with van der Waals surface area (Å²) in [4.78, 5) is 4.23. The van der Waals surface area contributed by atoms with Crippen molar-refractivity contribution in [2.75, 3.05) is 20.4 Å². The lowest BCUT2D eigenvalue weighted by molar-refractivity contribution is 0.174. The molecule has 1 aliphatic rings. The predicted octanol–water partition coefficient (Wildman–Crippen LogP) is 1.55. The highest BCUT2D eigenvalue weighted by Gasteiger charge is 2.13. The van der Waals surface area contributed by atoms with Gasteiger partial charge in [0.05, 0.1) is 0 Å². The molecule has 2 aromatic rings. The van der Waals surface area contributed by atoms with E-state index in [0.29, 0.717) is 6.54 Å². The second kappa shape index (κ2) is 9.44. The molecule has 3 rings (SSSR count). The molecular formula is C16H23IN6O2. The Morgan fingerprint density at radius 3 is 2.92 bits per heavy atom. The standard InChI is InChI=1S/C16H22N6O2.HI/c1-3-15-21-20-10-22(15)7-6-18-16(17-2)19-9-12-4-5-13-14(8-12)24-11-23-13;/h4-5,8,10H,3,6-7,9,11H2,1-2H3,(H2,17,18,19);1H. The first kappa shape index (κ1) is 19.3. The van der Waals surface area contributed by atoms with Crippen LogP contribution in [0.5, 0.6) is 11.5 Å². The number of ether oxygens (including phenoxy) is 2. The van der Waals surface area contributed by atoms with Crippen LogP contribution >= 0.6 is 24.0 Å². The fraction of sp³-hybridized carbons (Fsp3) is 0.438. The van der Waals surface area contributed by atoms with Crippen LogP contribution in [0.3, 0.4) is 0 Å². The van der Waals surface area contributed by atoms with Crippen LogP contribution in [-0.4, -0.2) is 41.1 Å². The van der Waals surface area contributed by atoms with Gasteiger partial charge < -0.3 is 24.7 Å². The molecule has 0 saturated carbocycles. The number of fused-ring (bicyclic) bond motifs is 1. The first-order chi connectivity index (χ1) is 11.8. The Morgan fingerprint density at radius 1 is 1.28 bits per heavy atom. The molecule has 0 aliphatic carbocycles. The lowest BCUT2D eigenvalue weighted by Gasteiger charge is -2.13. The first-order valence-electron chi connectivity index (χ1n) is 8.00. The first-order valence-corrected chi connectivity index (χ1v) is 8.00. The monoisotopic (exact) mass is 458 g/mol. The van der Waals surface area contributed by atoms with Crippen molar-refractivity contribution < 1.29 is 9.47 Å². The van der Waals surface area contributed by atoms with Crippen molar-refractivity contribution >= 4 is 29.9 Å². The van der Waals surface area contributed by atoms with Crippen LogP contribution in [0.1, 0.15) is 18.3 Å². The molecule has 1 aromatic heterocycles. The van der Waals surface area contributed by atoms with E-state index >= 15 is 0 Å². The molecule has 136 valence electrons. The third-order valence-corrected chi connectivity index (χ3v) is 3.78. The summed E-state index contributed by atoms with van der Waals surface area (Å²) >= 11 is 0. The van der Waals surface area contributed by atoms with E-state index in [9.17, 15) is 0 Å². The smallest absolute Gasteiger partial charge is 0.231 e. The number of benzene rings is 1. The van der Waals surface area contributed by atoms with E-state index in [4.69, 9.17) is 9.47 Å². The van der Waals surface area contributed by atoms with Gasteiger partial charge in [0.15, 0.2) is 17.5 Å². The average Bonchev–Trinajstić information content (AvgIpc) is 3.25. The van der Waals surface area contributed by atoms with E-state index in [0.717, 1.165) is 48.4 Å². The molecule has 0 saturated heterocycles. The number of hydrogen-bond acceptors (Lipinski definition) is 5. The summed E-state index contributed by atoms with van der Waals surface area (Å²) in [6.07, 6.45) is 2.63. The maximum Gasteiger partial charge on any atom is 0.231 e. The van der Waals surface area contributed by atoms with Crippen LogP contribution in [0.2, 0.25) is 0 Å². The minimum Gasteiger partial charge on any atom is -0.454 e. The quantitative estimate of drug-likeness (QED) is 0.388. The zero-order valence-electron chi connectivity index (χ0n) is 14.4. The van der Waals surface area contributed by atoms with Gasteiger partial charge in [-0.1, -0.05) is 13.0 Å². The van der Waals surface area contributed by atoms with Gasteiger partial charge in [-0.3, -0.25) is 4.99 Å². The normalized spacial score (nSPS) is 12.6. The minimum absolute atomic E-state index is 0. The highest BCUT2D eigenvalue weighted by Crippen LogP contribution is 2.32. The van der Waals surface area contributed by atoms with Gasteiger partial charge in [0, 0.05) is 33.1 Å². The largest absolute Gasteiger partial charge is 0.454 e. The second-order valence-corrected chi connectivity index (χ2v) is 5.33. The van der Waals surface area contributed by atoms with E-state index in [1.165, 1.54) is 0 Å². The van der Waals surface area contributed by atoms with Crippen LogP contribution < -0.4 is 20.1 Å². The molecule has 9 heteroatoms. The molecule has 0 spiro atoms. The number of aryl methyl sites for hydroxylation is 1. The van der Waals surface area contributed by atoms with Gasteiger partial charge in [-0.05, 0) is 17.7 Å². The van der Waals surface area contributed by atoms with Gasteiger partial charge >= 0.3 is 0 Å². The Kier molecular flexibility index (Phi) is 7.29. The van der Waals surface area contributed by atoms with E-state index in [-0.39, 0.29) is 30.8 Å². The minimum atomic E-state index is 0. The van der Waals surface area contributed by atoms with Crippen LogP contribution in [0.25, 0.3) is 0 Å². The van der Waals surface area contributed by atoms with E-state index in [1.54, 1.807) is 13.4 Å². The fourth-order valence-electron chi connectivity index (χ4n) is 2.49. The molecule has 0 fully saturated rings. The molecule has 1 aliphatic heterocycles. The molecule has 2 N–H and O–H groups in total. The van der Waals surface area contributed by atoms with Crippen molar-refractivity contribution in [2.24, 2.45) is 4.99 Å². The van der Waals surface area contributed by atoms with Crippen molar-refractivity contribution in [3.8, 4) is 11.5 Å². The summed E-state index contributed by atoms with van der Waals surface area (Å²) in [7, 11) is 1.76. The van der Waals surface area contributed by atoms with Gasteiger partial charge in [0.2, 0.25) is 6.79 Å². The molecule has 1 aromatic carbocycles. The van der Waals surface area contributed by atoms with Crippen molar-refractivity contribution in [1.29, 1.82) is 0 Å². The molecule has 25 heavy (non-hydrogen) atoms. The number of nitrogens with zero attached hydrogens (tertiary/aromatic N) is 4. The molecular weight excluding hydrogens is 435 g/mol. The maximum atomic E-state index is 5.39. The van der Waals surface area contributed by atoms with Crippen molar-refractivity contribution in [3.05, 3.63) is 35.9 Å². The predicted molar refractivity (Wildman–Crippen MR) is 106 cm³/mol. The third-order valence-electron chi connectivity index (χ3n) is 3.78. The Bertz CT molecular complexity index is 718. The highest BCUT2D eigenvalue weighted by atomic mass is 127. The molecule has 0 atom stereocenters. The summed E-state index contributed by atoms with van der Waals surface area (Å²) in [6, 6.07) is 5.92. The molecule has 0 radical (unpaired) electrons. The Morgan fingerprint density at radius 2 is 2.12 bits per heavy atom. The number of aliphatic imine (C=N–C) groups is 1. The van der Waals surface area contributed by atoms with E-state index in [2.05, 4.69) is 32.7 Å². The molecule has 2 heterocycles. The highest BCUT2D eigenvalue weighted by molar-refractivity contribution is 14.0. The molecule has 0 unspecified atom stereocenters. The summed E-state index contributed by atoms with van der Waals surface area (Å²) in [5.74, 6) is 3.32. The number of hydrogen-bond donors (Lipinski definition) is 2. The van der Waals surface area contributed by atoms with Gasteiger partial charge in [-0.15, -0.1) is 34.2 Å². The number of nitrogens with one attached hydrogen (secondary N) is 2. The van der Waals surface area contributed by atoms with Crippen molar-refractivity contribution in [2.45, 2.75) is 26.4 Å². The number of rotatable bonds is 6. The number of guanidine groups is 1. The molecule has 0 bridgehead atoms. The summed E-state index contributed by atoms with van der Waals surface area (Å²) in [5.41, 5.74) is 1.11. The topological polar surface area (TPSA) is 85.6 Å².